The highest BCUT2D eigenvalue weighted by Crippen LogP contribution is 2.66. The molecule has 4 fully saturated rings. The lowest BCUT2D eigenvalue weighted by Gasteiger charge is -2.57. The molecule has 6 unspecified atom stereocenters. The average Bonchev–Trinajstić information content (AvgIpc) is 2.91. The molecule has 4 aliphatic rings. The maximum atomic E-state index is 4.37. The zero-order valence-corrected chi connectivity index (χ0v) is 16.7. The van der Waals surface area contributed by atoms with E-state index in [4.69, 9.17) is 0 Å². The third-order valence-corrected chi connectivity index (χ3v) is 9.80. The summed E-state index contributed by atoms with van der Waals surface area (Å²) in [6, 6.07) is 0. The topological polar surface area (TPSA) is 0 Å². The molecule has 0 aromatic heterocycles. The number of hydrogen-bond donors (Lipinski definition) is 0. The second-order valence-electron chi connectivity index (χ2n) is 10.9. The van der Waals surface area contributed by atoms with Crippen molar-refractivity contribution in [3.63, 3.8) is 0 Å². The van der Waals surface area contributed by atoms with Crippen molar-refractivity contribution in [1.82, 2.24) is 0 Å². The first-order valence-electron chi connectivity index (χ1n) is 11.0. The molecular weight excluding hydrogens is 288 g/mol. The minimum absolute atomic E-state index is 0.590. The molecule has 0 radical (unpaired) electrons. The monoisotopic (exact) mass is 328 g/mol. The molecule has 0 nitrogen and oxygen atoms in total. The standard InChI is InChI=1S/C24H40/c1-6-23(4)13-11-18-17(15-23)7-8-20-19(18)12-14-24(5)21(16(2)3)9-10-22(20)24/h17-22H,2,6-15H2,1,3-5H3/t17?,18?,19?,20?,21?,22-,23-,24?/m0/s1. The lowest BCUT2D eigenvalue weighted by molar-refractivity contribution is -0.0752. The quantitative estimate of drug-likeness (QED) is 0.468. The maximum Gasteiger partial charge on any atom is -0.0152 e. The lowest BCUT2D eigenvalue weighted by atomic mass is 9.48. The SMILES string of the molecule is C=C(C)C1CC[C@H]2C3CCC4C[C@@](C)(CC)CCC4C3CCC12C. The maximum absolute atomic E-state index is 4.37. The Kier molecular flexibility index (Phi) is 4.21. The van der Waals surface area contributed by atoms with Crippen LogP contribution >= 0.6 is 0 Å². The van der Waals surface area contributed by atoms with E-state index in [1.165, 1.54) is 50.5 Å². The van der Waals surface area contributed by atoms with Gasteiger partial charge in [0.15, 0.2) is 0 Å². The molecule has 4 saturated carbocycles. The molecule has 0 amide bonds. The van der Waals surface area contributed by atoms with Crippen LogP contribution < -0.4 is 0 Å². The van der Waals surface area contributed by atoms with Crippen LogP contribution in [0.25, 0.3) is 0 Å². The second kappa shape index (κ2) is 5.88. The van der Waals surface area contributed by atoms with Crippen LogP contribution in [-0.2, 0) is 0 Å². The van der Waals surface area contributed by atoms with Crippen LogP contribution in [0.5, 0.6) is 0 Å². The van der Waals surface area contributed by atoms with Crippen LogP contribution in [0, 0.1) is 46.3 Å². The van der Waals surface area contributed by atoms with E-state index >= 15 is 0 Å². The highest BCUT2D eigenvalue weighted by atomic mass is 14.6. The van der Waals surface area contributed by atoms with E-state index in [0.29, 0.717) is 10.8 Å². The highest BCUT2D eigenvalue weighted by molar-refractivity contribution is 5.14. The summed E-state index contributed by atoms with van der Waals surface area (Å²) in [7, 11) is 0. The van der Waals surface area contributed by atoms with E-state index < -0.39 is 0 Å². The van der Waals surface area contributed by atoms with Crippen LogP contribution in [0.1, 0.15) is 91.9 Å². The normalized spacial score (nSPS) is 53.8. The molecule has 4 rings (SSSR count). The molecule has 0 aromatic rings. The van der Waals surface area contributed by atoms with Gasteiger partial charge < -0.3 is 0 Å². The molecule has 0 saturated heterocycles. The van der Waals surface area contributed by atoms with Gasteiger partial charge in [-0.05, 0) is 111 Å². The summed E-state index contributed by atoms with van der Waals surface area (Å²) >= 11 is 0. The number of fused-ring (bicyclic) bond motifs is 5. The van der Waals surface area contributed by atoms with Crippen molar-refractivity contribution >= 4 is 0 Å². The molecule has 8 atom stereocenters. The van der Waals surface area contributed by atoms with Gasteiger partial charge >= 0.3 is 0 Å². The molecule has 0 aromatic carbocycles. The average molecular weight is 329 g/mol. The van der Waals surface area contributed by atoms with E-state index in [9.17, 15) is 0 Å². The Morgan fingerprint density at radius 1 is 0.917 bits per heavy atom. The first-order chi connectivity index (χ1) is 11.4. The summed E-state index contributed by atoms with van der Waals surface area (Å²) in [6.07, 6.45) is 15.0. The van der Waals surface area contributed by atoms with Crippen molar-refractivity contribution in [2.45, 2.75) is 91.9 Å². The van der Waals surface area contributed by atoms with Crippen molar-refractivity contribution in [3.8, 4) is 0 Å². The van der Waals surface area contributed by atoms with Gasteiger partial charge in [-0.3, -0.25) is 0 Å². The molecule has 0 bridgehead atoms. The van der Waals surface area contributed by atoms with E-state index in [2.05, 4.69) is 34.3 Å². The molecule has 0 spiro atoms. The summed E-state index contributed by atoms with van der Waals surface area (Å²) in [5.74, 6) is 6.10. The molecule has 0 N–H and O–H groups in total. The van der Waals surface area contributed by atoms with Crippen LogP contribution in [0.4, 0.5) is 0 Å². The summed E-state index contributed by atoms with van der Waals surface area (Å²) in [5, 5.41) is 0. The summed E-state index contributed by atoms with van der Waals surface area (Å²) in [5.41, 5.74) is 2.73. The molecule has 4 aliphatic carbocycles. The lowest BCUT2D eigenvalue weighted by Crippen LogP contribution is -2.49. The molecular formula is C24H40. The molecule has 136 valence electrons. The van der Waals surface area contributed by atoms with Crippen LogP contribution in [0.2, 0.25) is 0 Å². The van der Waals surface area contributed by atoms with Crippen molar-refractivity contribution in [3.05, 3.63) is 12.2 Å². The van der Waals surface area contributed by atoms with Crippen molar-refractivity contribution in [2.75, 3.05) is 0 Å². The van der Waals surface area contributed by atoms with Gasteiger partial charge in [-0.2, -0.15) is 0 Å². The third kappa shape index (κ3) is 2.45. The minimum atomic E-state index is 0.590. The summed E-state index contributed by atoms with van der Waals surface area (Å²) < 4.78 is 0. The first kappa shape index (κ1) is 17.2. The highest BCUT2D eigenvalue weighted by Gasteiger charge is 2.57. The van der Waals surface area contributed by atoms with Gasteiger partial charge in [-0.1, -0.05) is 39.3 Å². The summed E-state index contributed by atoms with van der Waals surface area (Å²) in [6.45, 7) is 14.3. The van der Waals surface area contributed by atoms with Crippen molar-refractivity contribution in [2.24, 2.45) is 46.3 Å². The van der Waals surface area contributed by atoms with Gasteiger partial charge in [0, 0.05) is 0 Å². The van der Waals surface area contributed by atoms with E-state index in [1.54, 1.807) is 19.3 Å². The van der Waals surface area contributed by atoms with Crippen molar-refractivity contribution < 1.29 is 0 Å². The zero-order chi connectivity index (χ0) is 17.1. The Morgan fingerprint density at radius 2 is 1.67 bits per heavy atom. The van der Waals surface area contributed by atoms with E-state index in [-0.39, 0.29) is 0 Å². The minimum Gasteiger partial charge on any atom is -0.0998 e. The van der Waals surface area contributed by atoms with E-state index in [0.717, 1.165) is 35.5 Å². The van der Waals surface area contributed by atoms with Gasteiger partial charge in [0.2, 0.25) is 0 Å². The first-order valence-corrected chi connectivity index (χ1v) is 11.0. The molecule has 0 aliphatic heterocycles. The number of allylic oxidation sites excluding steroid dienone is 1. The third-order valence-electron chi connectivity index (χ3n) is 9.80. The largest absolute Gasteiger partial charge is 0.0998 e. The van der Waals surface area contributed by atoms with Crippen molar-refractivity contribution in [1.29, 1.82) is 0 Å². The smallest absolute Gasteiger partial charge is 0.0152 e. The predicted molar refractivity (Wildman–Crippen MR) is 104 cm³/mol. The number of hydrogen-bond acceptors (Lipinski definition) is 0. The number of rotatable bonds is 2. The van der Waals surface area contributed by atoms with Crippen LogP contribution in [0.3, 0.4) is 0 Å². The van der Waals surface area contributed by atoms with Gasteiger partial charge in [0.1, 0.15) is 0 Å². The summed E-state index contributed by atoms with van der Waals surface area (Å²) in [4.78, 5) is 0. The second-order valence-corrected chi connectivity index (χ2v) is 10.9. The zero-order valence-electron chi connectivity index (χ0n) is 16.7. The fourth-order valence-corrected chi connectivity index (χ4v) is 8.32. The Morgan fingerprint density at radius 3 is 2.38 bits per heavy atom. The van der Waals surface area contributed by atoms with Gasteiger partial charge in [0.05, 0.1) is 0 Å². The molecule has 0 heteroatoms. The predicted octanol–water partition coefficient (Wildman–Crippen LogP) is 7.25. The molecule has 0 heterocycles. The Hall–Kier alpha value is -0.260. The Balaban J connectivity index is 1.54. The van der Waals surface area contributed by atoms with E-state index in [1.807, 2.05) is 0 Å². The Labute approximate surface area is 150 Å². The van der Waals surface area contributed by atoms with Crippen LogP contribution in [-0.4, -0.2) is 0 Å². The fraction of sp³-hybridized carbons (Fsp3) is 0.917. The molecule has 24 heavy (non-hydrogen) atoms. The van der Waals surface area contributed by atoms with Gasteiger partial charge in [-0.25, -0.2) is 0 Å². The fourth-order valence-electron chi connectivity index (χ4n) is 8.32. The van der Waals surface area contributed by atoms with Gasteiger partial charge in [0.25, 0.3) is 0 Å². The Bertz CT molecular complexity index is 504. The van der Waals surface area contributed by atoms with Crippen LogP contribution in [0.15, 0.2) is 12.2 Å². The van der Waals surface area contributed by atoms with Gasteiger partial charge in [-0.15, -0.1) is 0 Å².